The molecule has 0 amide bonds. The standard InChI is InChI=1S/C22H26ClN5O2.HI/c1-24-22(27-19-5-3-6-21(13-19)30-12-4-11-29-2)25-14-17-15-26-28(16-17)20-9-7-18(23)8-10-20;/h3,5-10,13,15-16H,4,11-12,14H2,1-2H3,(H2,24,25,27);1H. The Bertz CT molecular complexity index is 963. The molecule has 0 atom stereocenters. The van der Waals surface area contributed by atoms with E-state index in [9.17, 15) is 0 Å². The van der Waals surface area contributed by atoms with Gasteiger partial charge in [-0.1, -0.05) is 17.7 Å². The van der Waals surface area contributed by atoms with Crippen LogP contribution in [0.15, 0.2) is 65.9 Å². The normalized spacial score (nSPS) is 11.0. The molecule has 7 nitrogen and oxygen atoms in total. The molecule has 9 heteroatoms. The fourth-order valence-corrected chi connectivity index (χ4v) is 2.87. The molecule has 3 aromatic rings. The van der Waals surface area contributed by atoms with Crippen molar-refractivity contribution >= 4 is 47.2 Å². The van der Waals surface area contributed by atoms with Crippen LogP contribution in [0.3, 0.4) is 0 Å². The quantitative estimate of drug-likeness (QED) is 0.173. The Balaban J connectivity index is 0.00000341. The summed E-state index contributed by atoms with van der Waals surface area (Å²) in [5.74, 6) is 1.46. The molecule has 1 heterocycles. The number of aliphatic imine (C=N–C) groups is 1. The summed E-state index contributed by atoms with van der Waals surface area (Å²) in [6.07, 6.45) is 4.64. The second-order valence-corrected chi connectivity index (χ2v) is 6.98. The number of anilines is 1. The highest BCUT2D eigenvalue weighted by atomic mass is 127. The number of nitrogens with one attached hydrogen (secondary N) is 2. The predicted molar refractivity (Wildman–Crippen MR) is 136 cm³/mol. The predicted octanol–water partition coefficient (Wildman–Crippen LogP) is 4.75. The van der Waals surface area contributed by atoms with Gasteiger partial charge in [-0.05, 0) is 36.4 Å². The molecule has 0 radical (unpaired) electrons. The molecule has 0 aliphatic heterocycles. The van der Waals surface area contributed by atoms with E-state index in [1.165, 1.54) is 0 Å². The Morgan fingerprint density at radius 3 is 2.71 bits per heavy atom. The van der Waals surface area contributed by atoms with Gasteiger partial charge in [0.1, 0.15) is 5.75 Å². The lowest BCUT2D eigenvalue weighted by Crippen LogP contribution is -2.30. The molecule has 0 aliphatic rings. The maximum Gasteiger partial charge on any atom is 0.195 e. The van der Waals surface area contributed by atoms with E-state index in [0.717, 1.165) is 29.1 Å². The van der Waals surface area contributed by atoms with E-state index < -0.39 is 0 Å². The van der Waals surface area contributed by atoms with Crippen LogP contribution in [0.5, 0.6) is 5.75 Å². The molecule has 0 unspecified atom stereocenters. The van der Waals surface area contributed by atoms with Crippen molar-refractivity contribution in [1.82, 2.24) is 15.1 Å². The summed E-state index contributed by atoms with van der Waals surface area (Å²) in [6, 6.07) is 15.3. The zero-order valence-electron chi connectivity index (χ0n) is 17.5. The number of methoxy groups -OCH3 is 1. The minimum absolute atomic E-state index is 0. The molecular weight excluding hydrogens is 529 g/mol. The Kier molecular flexibility index (Phi) is 10.6. The largest absolute Gasteiger partial charge is 0.493 e. The Hall–Kier alpha value is -2.30. The van der Waals surface area contributed by atoms with Crippen LogP contribution in [0.2, 0.25) is 5.02 Å². The van der Waals surface area contributed by atoms with Crippen molar-refractivity contribution in [2.45, 2.75) is 13.0 Å². The first-order chi connectivity index (χ1) is 14.7. The number of rotatable bonds is 9. The second kappa shape index (κ2) is 13.2. The number of aromatic nitrogens is 2. The fourth-order valence-electron chi connectivity index (χ4n) is 2.74. The lowest BCUT2D eigenvalue weighted by Gasteiger charge is -2.12. The average molecular weight is 556 g/mol. The van der Waals surface area contributed by atoms with Crippen LogP contribution in [0.25, 0.3) is 5.69 Å². The molecule has 2 N–H and O–H groups in total. The van der Waals surface area contributed by atoms with E-state index in [1.54, 1.807) is 14.2 Å². The third-order valence-corrected chi connectivity index (χ3v) is 4.52. The van der Waals surface area contributed by atoms with Crippen molar-refractivity contribution in [3.8, 4) is 11.4 Å². The van der Waals surface area contributed by atoms with Gasteiger partial charge in [0.05, 0.1) is 18.5 Å². The van der Waals surface area contributed by atoms with E-state index >= 15 is 0 Å². The third-order valence-electron chi connectivity index (χ3n) is 4.27. The Morgan fingerprint density at radius 1 is 1.16 bits per heavy atom. The van der Waals surface area contributed by atoms with E-state index in [4.69, 9.17) is 21.1 Å². The fraction of sp³-hybridized carbons (Fsp3) is 0.273. The number of benzene rings is 2. The van der Waals surface area contributed by atoms with Crippen molar-refractivity contribution in [3.05, 3.63) is 71.5 Å². The van der Waals surface area contributed by atoms with Crippen LogP contribution in [0.4, 0.5) is 5.69 Å². The van der Waals surface area contributed by atoms with Crippen LogP contribution in [-0.4, -0.2) is 43.1 Å². The molecule has 0 fully saturated rings. The minimum Gasteiger partial charge on any atom is -0.493 e. The van der Waals surface area contributed by atoms with Crippen molar-refractivity contribution in [1.29, 1.82) is 0 Å². The number of halogens is 2. The summed E-state index contributed by atoms with van der Waals surface area (Å²) in [7, 11) is 3.42. The Morgan fingerprint density at radius 2 is 1.97 bits per heavy atom. The van der Waals surface area contributed by atoms with Gasteiger partial charge in [-0.3, -0.25) is 4.99 Å². The van der Waals surface area contributed by atoms with Gasteiger partial charge in [0.2, 0.25) is 0 Å². The SMILES string of the molecule is CN=C(NCc1cnn(-c2ccc(Cl)cc2)c1)Nc1cccc(OCCCOC)c1.I. The van der Waals surface area contributed by atoms with Crippen molar-refractivity contribution < 1.29 is 9.47 Å². The van der Waals surface area contributed by atoms with Gasteiger partial charge in [0, 0.05) is 62.3 Å². The van der Waals surface area contributed by atoms with Gasteiger partial charge < -0.3 is 20.1 Å². The monoisotopic (exact) mass is 555 g/mol. The van der Waals surface area contributed by atoms with E-state index in [-0.39, 0.29) is 24.0 Å². The Labute approximate surface area is 204 Å². The first-order valence-electron chi connectivity index (χ1n) is 9.67. The van der Waals surface area contributed by atoms with Crippen LogP contribution in [0.1, 0.15) is 12.0 Å². The summed E-state index contributed by atoms with van der Waals surface area (Å²) in [4.78, 5) is 4.28. The molecule has 2 aromatic carbocycles. The van der Waals surface area contributed by atoms with E-state index in [1.807, 2.05) is 65.6 Å². The van der Waals surface area contributed by atoms with Gasteiger partial charge in [-0.25, -0.2) is 4.68 Å². The number of hydrogen-bond donors (Lipinski definition) is 2. The molecule has 0 saturated carbocycles. The average Bonchev–Trinajstić information content (AvgIpc) is 3.24. The number of hydrogen-bond acceptors (Lipinski definition) is 4. The lowest BCUT2D eigenvalue weighted by atomic mass is 10.3. The summed E-state index contributed by atoms with van der Waals surface area (Å²) in [5.41, 5.74) is 2.88. The van der Waals surface area contributed by atoms with E-state index in [0.29, 0.717) is 30.7 Å². The number of guanidine groups is 1. The first-order valence-corrected chi connectivity index (χ1v) is 10.0. The summed E-state index contributed by atoms with van der Waals surface area (Å²) in [5, 5.41) is 11.7. The zero-order valence-corrected chi connectivity index (χ0v) is 20.6. The smallest absolute Gasteiger partial charge is 0.195 e. The first kappa shape index (κ1) is 25.0. The van der Waals surface area contributed by atoms with Gasteiger partial charge >= 0.3 is 0 Å². The zero-order chi connectivity index (χ0) is 21.2. The van der Waals surface area contributed by atoms with Crippen molar-refractivity contribution in [3.63, 3.8) is 0 Å². The maximum atomic E-state index is 5.95. The molecule has 0 aliphatic carbocycles. The van der Waals surface area contributed by atoms with Crippen LogP contribution >= 0.6 is 35.6 Å². The van der Waals surface area contributed by atoms with Gasteiger partial charge in [0.15, 0.2) is 5.96 Å². The summed E-state index contributed by atoms with van der Waals surface area (Å²) < 4.78 is 12.6. The van der Waals surface area contributed by atoms with Gasteiger partial charge in [-0.15, -0.1) is 24.0 Å². The minimum atomic E-state index is 0. The van der Waals surface area contributed by atoms with Crippen LogP contribution in [-0.2, 0) is 11.3 Å². The number of nitrogens with zero attached hydrogens (tertiary/aromatic N) is 3. The molecule has 0 spiro atoms. The highest BCUT2D eigenvalue weighted by molar-refractivity contribution is 14.0. The van der Waals surface area contributed by atoms with Gasteiger partial charge in [-0.2, -0.15) is 5.10 Å². The highest BCUT2D eigenvalue weighted by Gasteiger charge is 2.05. The molecular formula is C22H27ClIN5O2. The van der Waals surface area contributed by atoms with Crippen molar-refractivity contribution in [2.24, 2.45) is 4.99 Å². The van der Waals surface area contributed by atoms with Crippen molar-refractivity contribution in [2.75, 3.05) is 32.7 Å². The van der Waals surface area contributed by atoms with E-state index in [2.05, 4.69) is 20.7 Å². The summed E-state index contributed by atoms with van der Waals surface area (Å²) >= 11 is 5.95. The summed E-state index contributed by atoms with van der Waals surface area (Å²) in [6.45, 7) is 1.88. The third kappa shape index (κ3) is 8.04. The maximum absolute atomic E-state index is 5.95. The molecule has 1 aromatic heterocycles. The second-order valence-electron chi connectivity index (χ2n) is 6.54. The topological polar surface area (TPSA) is 72.7 Å². The lowest BCUT2D eigenvalue weighted by molar-refractivity contribution is 0.172. The van der Waals surface area contributed by atoms with Crippen LogP contribution in [0, 0.1) is 0 Å². The molecule has 0 bridgehead atoms. The molecule has 0 saturated heterocycles. The molecule has 166 valence electrons. The molecule has 3 rings (SSSR count). The number of ether oxygens (including phenoxy) is 2. The van der Waals surface area contributed by atoms with Crippen LogP contribution < -0.4 is 15.4 Å². The highest BCUT2D eigenvalue weighted by Crippen LogP contribution is 2.18. The van der Waals surface area contributed by atoms with Gasteiger partial charge in [0.25, 0.3) is 0 Å². The molecule has 31 heavy (non-hydrogen) atoms.